The molecule has 0 aliphatic carbocycles. The molecule has 3 rings (SSSR count). The second-order valence-corrected chi connectivity index (χ2v) is 6.20. The van der Waals surface area contributed by atoms with Gasteiger partial charge in [-0.05, 0) is 33.3 Å². The van der Waals surface area contributed by atoms with Gasteiger partial charge in [-0.3, -0.25) is 0 Å². The molecule has 0 N–H and O–H groups in total. The van der Waals surface area contributed by atoms with Crippen LogP contribution in [0.15, 0.2) is 47.2 Å². The van der Waals surface area contributed by atoms with Crippen molar-refractivity contribution in [1.82, 2.24) is 0 Å². The number of carbonyl (C=O) groups is 2. The minimum Gasteiger partial charge on any atom is -0.493 e. The van der Waals surface area contributed by atoms with Crippen molar-refractivity contribution in [2.75, 3.05) is 13.2 Å². The third-order valence-electron chi connectivity index (χ3n) is 4.63. The highest BCUT2D eigenvalue weighted by molar-refractivity contribution is 5.91. The molecule has 1 aromatic carbocycles. The van der Waals surface area contributed by atoms with Crippen molar-refractivity contribution in [3.8, 4) is 5.75 Å². The molecule has 0 fully saturated rings. The van der Waals surface area contributed by atoms with Crippen LogP contribution in [0.2, 0.25) is 0 Å². The van der Waals surface area contributed by atoms with Crippen molar-refractivity contribution in [3.63, 3.8) is 0 Å². The summed E-state index contributed by atoms with van der Waals surface area (Å²) >= 11 is 0. The summed E-state index contributed by atoms with van der Waals surface area (Å²) in [5.74, 6) is -0.313. The third-order valence-corrected chi connectivity index (χ3v) is 4.63. The lowest BCUT2D eigenvalue weighted by Crippen LogP contribution is -2.22. The molecule has 1 aromatic rings. The lowest BCUT2D eigenvalue weighted by molar-refractivity contribution is -0.153. The molecule has 6 nitrogen and oxygen atoms in total. The highest BCUT2D eigenvalue weighted by Gasteiger charge is 2.32. The number of benzene rings is 1. The number of hydrogen-bond donors (Lipinski definition) is 0. The second-order valence-electron chi connectivity index (χ2n) is 6.20. The van der Waals surface area contributed by atoms with Crippen molar-refractivity contribution in [2.45, 2.75) is 39.4 Å². The maximum absolute atomic E-state index is 12.5. The maximum Gasteiger partial charge on any atom is 0.337 e. The van der Waals surface area contributed by atoms with E-state index in [1.54, 1.807) is 20.8 Å². The molecular formula is C20H22O6. The highest BCUT2D eigenvalue weighted by Crippen LogP contribution is 2.38. The standard InChI is InChI=1S/C20H22O6/c1-4-23-19(22)16(11-25-20-13(3)12(2)18(21)26-20)14-9-10-24-17-8-6-5-7-15(14)17/h5-8,11,14,20H,4,9-10H2,1-3H3/b16-11+. The van der Waals surface area contributed by atoms with Gasteiger partial charge < -0.3 is 18.9 Å². The first kappa shape index (κ1) is 18.0. The van der Waals surface area contributed by atoms with E-state index in [-0.39, 0.29) is 12.5 Å². The first-order chi connectivity index (χ1) is 12.5. The number of para-hydroxylation sites is 1. The molecule has 0 spiro atoms. The van der Waals surface area contributed by atoms with E-state index in [1.165, 1.54) is 6.26 Å². The summed E-state index contributed by atoms with van der Waals surface area (Å²) in [6.07, 6.45) is 1.18. The van der Waals surface area contributed by atoms with Crippen LogP contribution in [0.5, 0.6) is 5.75 Å². The topological polar surface area (TPSA) is 71.1 Å². The molecule has 2 heterocycles. The number of fused-ring (bicyclic) bond motifs is 1. The van der Waals surface area contributed by atoms with Crippen LogP contribution in [0.4, 0.5) is 0 Å². The molecule has 0 radical (unpaired) electrons. The third kappa shape index (κ3) is 3.45. The Bertz CT molecular complexity index is 776. The van der Waals surface area contributed by atoms with E-state index < -0.39 is 18.2 Å². The first-order valence-electron chi connectivity index (χ1n) is 8.65. The largest absolute Gasteiger partial charge is 0.493 e. The predicted molar refractivity (Wildman–Crippen MR) is 93.4 cm³/mol. The molecular weight excluding hydrogens is 336 g/mol. The Morgan fingerprint density at radius 1 is 1.31 bits per heavy atom. The number of carbonyl (C=O) groups excluding carboxylic acids is 2. The fourth-order valence-electron chi connectivity index (χ4n) is 3.03. The van der Waals surface area contributed by atoms with Crippen molar-refractivity contribution >= 4 is 11.9 Å². The zero-order valence-corrected chi connectivity index (χ0v) is 15.1. The Labute approximate surface area is 152 Å². The summed E-state index contributed by atoms with van der Waals surface area (Å²) in [5.41, 5.74) is 2.52. The Hall–Kier alpha value is -2.76. The van der Waals surface area contributed by atoms with E-state index in [1.807, 2.05) is 24.3 Å². The van der Waals surface area contributed by atoms with Gasteiger partial charge in [-0.2, -0.15) is 0 Å². The van der Waals surface area contributed by atoms with Crippen LogP contribution in [-0.2, 0) is 23.8 Å². The smallest absolute Gasteiger partial charge is 0.337 e. The number of rotatable bonds is 5. The SMILES string of the molecule is CCOC(=O)/C(=C/OC1OC(=O)C(C)=C1C)C1CCOc2ccccc21. The van der Waals surface area contributed by atoms with Crippen LogP contribution < -0.4 is 4.74 Å². The van der Waals surface area contributed by atoms with E-state index in [9.17, 15) is 9.59 Å². The van der Waals surface area contributed by atoms with Crippen LogP contribution in [0.3, 0.4) is 0 Å². The number of ether oxygens (including phenoxy) is 4. The monoisotopic (exact) mass is 358 g/mol. The van der Waals surface area contributed by atoms with Gasteiger partial charge in [0.2, 0.25) is 0 Å². The molecule has 0 aromatic heterocycles. The van der Waals surface area contributed by atoms with E-state index in [0.29, 0.717) is 29.7 Å². The van der Waals surface area contributed by atoms with Crippen LogP contribution in [0.1, 0.15) is 38.7 Å². The van der Waals surface area contributed by atoms with Crippen molar-refractivity contribution in [1.29, 1.82) is 0 Å². The highest BCUT2D eigenvalue weighted by atomic mass is 16.7. The van der Waals surface area contributed by atoms with Crippen LogP contribution >= 0.6 is 0 Å². The summed E-state index contributed by atoms with van der Waals surface area (Å²) in [6, 6.07) is 7.59. The van der Waals surface area contributed by atoms with Gasteiger partial charge in [-0.15, -0.1) is 0 Å². The fourth-order valence-corrected chi connectivity index (χ4v) is 3.03. The lowest BCUT2D eigenvalue weighted by atomic mass is 9.87. The van der Waals surface area contributed by atoms with Crippen molar-refractivity contribution < 1.29 is 28.5 Å². The maximum atomic E-state index is 12.5. The first-order valence-corrected chi connectivity index (χ1v) is 8.65. The summed E-state index contributed by atoms with van der Waals surface area (Å²) in [7, 11) is 0. The zero-order valence-electron chi connectivity index (χ0n) is 15.1. The van der Waals surface area contributed by atoms with Crippen LogP contribution in [0, 0.1) is 0 Å². The molecule has 2 unspecified atom stereocenters. The van der Waals surface area contributed by atoms with E-state index in [0.717, 1.165) is 11.3 Å². The van der Waals surface area contributed by atoms with Crippen LogP contribution in [-0.4, -0.2) is 31.4 Å². The minimum atomic E-state index is -0.818. The zero-order chi connectivity index (χ0) is 18.7. The summed E-state index contributed by atoms with van der Waals surface area (Å²) in [5, 5.41) is 0. The normalized spacial score (nSPS) is 22.4. The van der Waals surface area contributed by atoms with Gasteiger partial charge in [0.1, 0.15) is 5.75 Å². The van der Waals surface area contributed by atoms with E-state index in [4.69, 9.17) is 18.9 Å². The van der Waals surface area contributed by atoms with E-state index in [2.05, 4.69) is 0 Å². The van der Waals surface area contributed by atoms with Gasteiger partial charge in [0.15, 0.2) is 0 Å². The molecule has 2 aliphatic heterocycles. The van der Waals surface area contributed by atoms with Gasteiger partial charge in [0.05, 0.1) is 25.0 Å². The average molecular weight is 358 g/mol. The molecule has 138 valence electrons. The number of esters is 2. The van der Waals surface area contributed by atoms with Gasteiger partial charge in [0, 0.05) is 22.6 Å². The molecule has 0 saturated heterocycles. The molecule has 2 atom stereocenters. The van der Waals surface area contributed by atoms with E-state index >= 15 is 0 Å². The Morgan fingerprint density at radius 2 is 2.08 bits per heavy atom. The lowest BCUT2D eigenvalue weighted by Gasteiger charge is -2.27. The van der Waals surface area contributed by atoms with Gasteiger partial charge in [-0.25, -0.2) is 9.59 Å². The molecule has 0 bridgehead atoms. The molecule has 2 aliphatic rings. The Kier molecular flexibility index (Phi) is 5.30. The van der Waals surface area contributed by atoms with Crippen LogP contribution in [0.25, 0.3) is 0 Å². The molecule has 26 heavy (non-hydrogen) atoms. The molecule has 0 saturated carbocycles. The summed E-state index contributed by atoms with van der Waals surface area (Å²) in [4.78, 5) is 24.2. The fraction of sp³-hybridized carbons (Fsp3) is 0.400. The van der Waals surface area contributed by atoms with Gasteiger partial charge >= 0.3 is 11.9 Å². The predicted octanol–water partition coefficient (Wildman–Crippen LogP) is 3.24. The number of hydrogen-bond acceptors (Lipinski definition) is 6. The van der Waals surface area contributed by atoms with Gasteiger partial charge in [-0.1, -0.05) is 18.2 Å². The summed E-state index contributed by atoms with van der Waals surface area (Å²) in [6.45, 7) is 5.97. The molecule has 0 amide bonds. The quantitative estimate of drug-likeness (QED) is 0.457. The second kappa shape index (κ2) is 7.64. The minimum absolute atomic E-state index is 0.207. The number of cyclic esters (lactones) is 1. The average Bonchev–Trinajstić information content (AvgIpc) is 2.89. The van der Waals surface area contributed by atoms with Gasteiger partial charge in [0.25, 0.3) is 6.29 Å². The Balaban J connectivity index is 1.90. The van der Waals surface area contributed by atoms with Crippen molar-refractivity contribution in [2.24, 2.45) is 0 Å². The Morgan fingerprint density at radius 3 is 2.77 bits per heavy atom. The summed E-state index contributed by atoms with van der Waals surface area (Å²) < 4.78 is 21.7. The molecule has 6 heteroatoms. The van der Waals surface area contributed by atoms with Crippen molar-refractivity contribution in [3.05, 3.63) is 52.8 Å².